The van der Waals surface area contributed by atoms with Crippen LogP contribution in [-0.4, -0.2) is 33.5 Å². The number of methoxy groups -OCH3 is 2. The summed E-state index contributed by atoms with van der Waals surface area (Å²) in [5.41, 5.74) is 1.34. The average Bonchev–Trinajstić information content (AvgIpc) is 2.83. The van der Waals surface area contributed by atoms with E-state index in [-0.39, 0.29) is 21.9 Å². The molecule has 0 unspecified atom stereocenters. The fourth-order valence-electron chi connectivity index (χ4n) is 3.36. The summed E-state index contributed by atoms with van der Waals surface area (Å²) < 4.78 is 39.0. The van der Waals surface area contributed by atoms with Crippen LogP contribution in [0.5, 0.6) is 11.5 Å². The number of aromatic nitrogens is 1. The summed E-state index contributed by atoms with van der Waals surface area (Å²) in [7, 11) is -1.16. The third-order valence-corrected chi connectivity index (χ3v) is 6.59. The van der Waals surface area contributed by atoms with Crippen molar-refractivity contribution in [2.75, 3.05) is 24.3 Å². The van der Waals surface area contributed by atoms with Gasteiger partial charge in [-0.3, -0.25) is 14.5 Å². The van der Waals surface area contributed by atoms with Crippen LogP contribution in [0.3, 0.4) is 0 Å². The molecule has 0 aliphatic rings. The van der Waals surface area contributed by atoms with Gasteiger partial charge in [-0.05, 0) is 60.7 Å². The van der Waals surface area contributed by atoms with Gasteiger partial charge in [-0.15, -0.1) is 0 Å². The number of hydrogen-bond acceptors (Lipinski definition) is 6. The lowest BCUT2D eigenvalue weighted by Gasteiger charge is -2.14. The van der Waals surface area contributed by atoms with Gasteiger partial charge in [0.25, 0.3) is 15.9 Å². The first-order valence-corrected chi connectivity index (χ1v) is 11.9. The number of halogens is 1. The Morgan fingerprint density at radius 3 is 2.38 bits per heavy atom. The van der Waals surface area contributed by atoms with Crippen LogP contribution in [0, 0.1) is 0 Å². The molecular weight excluding hydrogens is 478 g/mol. The largest absolute Gasteiger partial charge is 0.497 e. The van der Waals surface area contributed by atoms with Gasteiger partial charge in [0.1, 0.15) is 16.4 Å². The lowest BCUT2D eigenvalue weighted by Crippen LogP contribution is -2.16. The van der Waals surface area contributed by atoms with Crippen molar-refractivity contribution in [1.29, 1.82) is 0 Å². The second kappa shape index (κ2) is 9.58. The Bertz CT molecular complexity index is 1470. The molecule has 0 bridgehead atoms. The highest BCUT2D eigenvalue weighted by Crippen LogP contribution is 2.30. The fraction of sp³-hybridized carbons (Fsp3) is 0.0833. The van der Waals surface area contributed by atoms with E-state index in [0.717, 1.165) is 0 Å². The number of nitrogens with zero attached hydrogens (tertiary/aromatic N) is 1. The van der Waals surface area contributed by atoms with Crippen molar-refractivity contribution in [1.82, 2.24) is 4.98 Å². The number of fused-ring (bicyclic) bond motifs is 1. The Morgan fingerprint density at radius 1 is 0.941 bits per heavy atom. The van der Waals surface area contributed by atoms with Gasteiger partial charge in [-0.1, -0.05) is 17.7 Å². The van der Waals surface area contributed by atoms with Crippen molar-refractivity contribution in [3.05, 3.63) is 83.5 Å². The molecule has 1 aromatic heterocycles. The summed E-state index contributed by atoms with van der Waals surface area (Å²) in [5, 5.41) is 3.81. The van der Waals surface area contributed by atoms with Crippen molar-refractivity contribution in [3.8, 4) is 11.5 Å². The summed E-state index contributed by atoms with van der Waals surface area (Å²) >= 11 is 6.17. The first-order chi connectivity index (χ1) is 16.3. The molecule has 4 rings (SSSR count). The SMILES string of the molecule is COc1ccc(NS(=O)(=O)c2cc(NC(=O)c3cc(Cl)cc4cccnc34)ccc2OC)cc1. The number of hydrogen-bond donors (Lipinski definition) is 2. The molecule has 0 aliphatic carbocycles. The number of carbonyl (C=O) groups excluding carboxylic acids is 1. The zero-order chi connectivity index (χ0) is 24.3. The number of pyridine rings is 1. The molecule has 1 heterocycles. The standard InChI is InChI=1S/C24H20ClN3O5S/c1-32-19-8-5-17(6-9-19)28-34(30,31)22-14-18(7-10-21(22)33-2)27-24(29)20-13-16(25)12-15-4-3-11-26-23(15)20/h3-14,28H,1-2H3,(H,27,29). The third-order valence-electron chi connectivity index (χ3n) is 4.97. The second-order valence-electron chi connectivity index (χ2n) is 7.18. The summed E-state index contributed by atoms with van der Waals surface area (Å²) in [6, 6.07) is 17.5. The molecule has 0 atom stereocenters. The molecule has 0 fully saturated rings. The summed E-state index contributed by atoms with van der Waals surface area (Å²) in [4.78, 5) is 17.2. The van der Waals surface area contributed by atoms with E-state index in [0.29, 0.717) is 27.4 Å². The van der Waals surface area contributed by atoms with Crippen LogP contribution in [-0.2, 0) is 10.0 Å². The number of sulfonamides is 1. The quantitative estimate of drug-likeness (QED) is 0.374. The van der Waals surface area contributed by atoms with E-state index in [1.54, 1.807) is 54.7 Å². The average molecular weight is 498 g/mol. The van der Waals surface area contributed by atoms with Crippen molar-refractivity contribution in [2.24, 2.45) is 0 Å². The molecule has 0 saturated carbocycles. The van der Waals surface area contributed by atoms with E-state index in [1.165, 1.54) is 32.4 Å². The maximum Gasteiger partial charge on any atom is 0.265 e. The summed E-state index contributed by atoms with van der Waals surface area (Å²) in [5.74, 6) is 0.227. The molecular formula is C24H20ClN3O5S. The second-order valence-corrected chi connectivity index (χ2v) is 9.27. The van der Waals surface area contributed by atoms with Crippen molar-refractivity contribution in [3.63, 3.8) is 0 Å². The molecule has 0 saturated heterocycles. The van der Waals surface area contributed by atoms with Crippen LogP contribution in [0.15, 0.2) is 77.8 Å². The van der Waals surface area contributed by atoms with E-state index < -0.39 is 15.9 Å². The van der Waals surface area contributed by atoms with Gasteiger partial charge in [0.15, 0.2) is 0 Å². The van der Waals surface area contributed by atoms with Crippen molar-refractivity contribution >= 4 is 49.8 Å². The number of benzene rings is 3. The van der Waals surface area contributed by atoms with E-state index in [4.69, 9.17) is 21.1 Å². The van der Waals surface area contributed by atoms with E-state index in [1.807, 2.05) is 0 Å². The minimum absolute atomic E-state index is 0.119. The number of amides is 1. The van der Waals surface area contributed by atoms with Gasteiger partial charge >= 0.3 is 0 Å². The zero-order valence-electron chi connectivity index (χ0n) is 18.2. The maximum absolute atomic E-state index is 13.1. The number of rotatable bonds is 7. The highest BCUT2D eigenvalue weighted by molar-refractivity contribution is 7.92. The fourth-order valence-corrected chi connectivity index (χ4v) is 4.84. The van der Waals surface area contributed by atoms with Crippen LogP contribution < -0.4 is 19.5 Å². The molecule has 0 aliphatic heterocycles. The molecule has 1 amide bonds. The molecule has 0 radical (unpaired) electrons. The number of anilines is 2. The Hall–Kier alpha value is -3.82. The predicted octanol–water partition coefficient (Wildman–Crippen LogP) is 4.96. The topological polar surface area (TPSA) is 107 Å². The Morgan fingerprint density at radius 2 is 1.68 bits per heavy atom. The Labute approximate surface area is 201 Å². The van der Waals surface area contributed by atoms with E-state index in [2.05, 4.69) is 15.0 Å². The molecule has 0 spiro atoms. The highest BCUT2D eigenvalue weighted by atomic mass is 35.5. The van der Waals surface area contributed by atoms with Gasteiger partial charge in [0.05, 0.1) is 25.3 Å². The van der Waals surface area contributed by atoms with Gasteiger partial charge in [0, 0.05) is 28.0 Å². The first-order valence-electron chi connectivity index (χ1n) is 10.0. The zero-order valence-corrected chi connectivity index (χ0v) is 19.8. The van der Waals surface area contributed by atoms with Crippen LogP contribution in [0.1, 0.15) is 10.4 Å². The van der Waals surface area contributed by atoms with Gasteiger partial charge < -0.3 is 14.8 Å². The number of nitrogens with one attached hydrogen (secondary N) is 2. The van der Waals surface area contributed by atoms with Gasteiger partial charge in [-0.2, -0.15) is 0 Å². The van der Waals surface area contributed by atoms with Crippen LogP contribution in [0.2, 0.25) is 5.02 Å². The number of carbonyl (C=O) groups is 1. The monoisotopic (exact) mass is 497 g/mol. The smallest absolute Gasteiger partial charge is 0.265 e. The molecule has 3 aromatic carbocycles. The molecule has 174 valence electrons. The lowest BCUT2D eigenvalue weighted by atomic mass is 10.1. The van der Waals surface area contributed by atoms with E-state index >= 15 is 0 Å². The summed E-state index contributed by atoms with van der Waals surface area (Å²) in [6.45, 7) is 0. The molecule has 10 heteroatoms. The van der Waals surface area contributed by atoms with Gasteiger partial charge in [0.2, 0.25) is 0 Å². The Kier molecular flexibility index (Phi) is 6.58. The molecule has 8 nitrogen and oxygen atoms in total. The Balaban J connectivity index is 1.65. The van der Waals surface area contributed by atoms with Crippen LogP contribution in [0.25, 0.3) is 10.9 Å². The van der Waals surface area contributed by atoms with Crippen LogP contribution >= 0.6 is 11.6 Å². The highest BCUT2D eigenvalue weighted by Gasteiger charge is 2.22. The number of ether oxygens (including phenoxy) is 2. The van der Waals surface area contributed by atoms with Crippen molar-refractivity contribution < 1.29 is 22.7 Å². The minimum atomic E-state index is -4.04. The third kappa shape index (κ3) is 4.90. The molecule has 4 aromatic rings. The van der Waals surface area contributed by atoms with Gasteiger partial charge in [-0.25, -0.2) is 8.42 Å². The molecule has 34 heavy (non-hydrogen) atoms. The normalized spacial score (nSPS) is 11.1. The lowest BCUT2D eigenvalue weighted by molar-refractivity contribution is 0.102. The minimum Gasteiger partial charge on any atom is -0.497 e. The summed E-state index contributed by atoms with van der Waals surface area (Å²) in [6.07, 6.45) is 1.58. The molecule has 2 N–H and O–H groups in total. The predicted molar refractivity (Wildman–Crippen MR) is 132 cm³/mol. The van der Waals surface area contributed by atoms with E-state index in [9.17, 15) is 13.2 Å². The van der Waals surface area contributed by atoms with Crippen molar-refractivity contribution in [2.45, 2.75) is 4.90 Å². The van der Waals surface area contributed by atoms with Crippen LogP contribution in [0.4, 0.5) is 11.4 Å². The first kappa shape index (κ1) is 23.3. The maximum atomic E-state index is 13.1.